The zero-order chi connectivity index (χ0) is 8.77. The van der Waals surface area contributed by atoms with E-state index in [1.54, 1.807) is 11.3 Å². The van der Waals surface area contributed by atoms with Crippen LogP contribution in [0.25, 0.3) is 0 Å². The molecule has 1 fully saturated rings. The number of thiophene rings is 1. The zero-order valence-electron chi connectivity index (χ0n) is 7.87. The molecule has 1 unspecified atom stereocenters. The predicted octanol–water partition coefficient (Wildman–Crippen LogP) is 2.81. The Morgan fingerprint density at radius 2 is 2.25 bits per heavy atom. The maximum Gasteiger partial charge on any atom is 0.0727 e. The van der Waals surface area contributed by atoms with Gasteiger partial charge in [0.2, 0.25) is 0 Å². The molecule has 1 aliphatic heterocycles. The topological polar surface area (TPSA) is 3.01 Å². The smallest absolute Gasteiger partial charge is 0.0727 e. The third-order valence-electron chi connectivity index (χ3n) is 2.45. The molecule has 3 heteroatoms. The summed E-state index contributed by atoms with van der Waals surface area (Å²) in [6.45, 7) is 8.64. The summed E-state index contributed by atoms with van der Waals surface area (Å²) < 4.78 is 0. The standard InChI is InChI=1S/C9H15NSSi/c1-12(2,3)9-6-10(9)8-4-5-11-7-8/h4-5,7,9H,6H2,1-3H3. The van der Waals surface area contributed by atoms with Gasteiger partial charge in [-0.15, -0.1) is 0 Å². The summed E-state index contributed by atoms with van der Waals surface area (Å²) in [5, 5.41) is 4.41. The summed E-state index contributed by atoms with van der Waals surface area (Å²) >= 11 is 1.79. The average molecular weight is 197 g/mol. The molecule has 0 bridgehead atoms. The molecule has 0 amide bonds. The monoisotopic (exact) mass is 197 g/mol. The van der Waals surface area contributed by atoms with Crippen molar-refractivity contribution in [2.45, 2.75) is 25.3 Å². The number of hydrogen-bond donors (Lipinski definition) is 0. The number of hydrogen-bond acceptors (Lipinski definition) is 2. The second-order valence-corrected chi connectivity index (χ2v) is 10.7. The van der Waals surface area contributed by atoms with Crippen molar-refractivity contribution in [3.05, 3.63) is 16.8 Å². The van der Waals surface area contributed by atoms with Crippen LogP contribution in [-0.4, -0.2) is 20.3 Å². The van der Waals surface area contributed by atoms with Crippen LogP contribution in [0.5, 0.6) is 0 Å². The van der Waals surface area contributed by atoms with E-state index in [1.807, 2.05) is 0 Å². The molecule has 1 aliphatic rings. The number of nitrogens with zero attached hydrogens (tertiary/aromatic N) is 1. The first-order chi connectivity index (χ1) is 5.59. The number of rotatable bonds is 2. The van der Waals surface area contributed by atoms with E-state index in [0.29, 0.717) is 0 Å². The summed E-state index contributed by atoms with van der Waals surface area (Å²) in [4.78, 5) is 2.53. The molecule has 2 rings (SSSR count). The minimum atomic E-state index is -0.912. The van der Waals surface area contributed by atoms with Gasteiger partial charge in [-0.2, -0.15) is 11.3 Å². The molecular formula is C9H15NSSi. The van der Waals surface area contributed by atoms with E-state index < -0.39 is 8.07 Å². The fourth-order valence-electron chi connectivity index (χ4n) is 1.59. The molecule has 0 aliphatic carbocycles. The van der Waals surface area contributed by atoms with Gasteiger partial charge in [-0.25, -0.2) is 0 Å². The van der Waals surface area contributed by atoms with Crippen molar-refractivity contribution >= 4 is 25.1 Å². The lowest BCUT2D eigenvalue weighted by molar-refractivity contribution is 1.31. The Hall–Kier alpha value is -0.283. The lowest BCUT2D eigenvalue weighted by atomic mass is 10.5. The SMILES string of the molecule is C[Si](C)(C)C1CN1c1ccsc1. The van der Waals surface area contributed by atoms with Crippen molar-refractivity contribution < 1.29 is 0 Å². The molecule has 0 N–H and O–H groups in total. The highest BCUT2D eigenvalue weighted by Gasteiger charge is 2.44. The molecule has 12 heavy (non-hydrogen) atoms. The molecular weight excluding hydrogens is 182 g/mol. The minimum absolute atomic E-state index is 0.895. The summed E-state index contributed by atoms with van der Waals surface area (Å²) in [5.41, 5.74) is 2.33. The van der Waals surface area contributed by atoms with Crippen molar-refractivity contribution in [1.82, 2.24) is 0 Å². The van der Waals surface area contributed by atoms with Gasteiger partial charge < -0.3 is 4.90 Å². The van der Waals surface area contributed by atoms with E-state index in [2.05, 4.69) is 41.4 Å². The molecule has 1 aromatic rings. The number of anilines is 1. The minimum Gasteiger partial charge on any atom is -0.367 e. The molecule has 0 spiro atoms. The third-order valence-corrected chi connectivity index (χ3v) is 5.61. The molecule has 1 nitrogen and oxygen atoms in total. The Morgan fingerprint density at radius 1 is 1.50 bits per heavy atom. The zero-order valence-corrected chi connectivity index (χ0v) is 9.69. The first kappa shape index (κ1) is 8.32. The van der Waals surface area contributed by atoms with Crippen molar-refractivity contribution in [2.75, 3.05) is 11.4 Å². The normalized spacial score (nSPS) is 22.9. The fourth-order valence-corrected chi connectivity index (χ4v) is 4.07. The summed E-state index contributed by atoms with van der Waals surface area (Å²) in [6, 6.07) is 2.23. The van der Waals surface area contributed by atoms with E-state index in [4.69, 9.17) is 0 Å². The second kappa shape index (κ2) is 2.60. The van der Waals surface area contributed by atoms with Crippen molar-refractivity contribution in [3.63, 3.8) is 0 Å². The molecule has 2 heterocycles. The van der Waals surface area contributed by atoms with E-state index in [-0.39, 0.29) is 0 Å². The van der Waals surface area contributed by atoms with Crippen LogP contribution >= 0.6 is 11.3 Å². The van der Waals surface area contributed by atoms with Crippen LogP contribution < -0.4 is 4.90 Å². The highest BCUT2D eigenvalue weighted by molar-refractivity contribution is 7.08. The highest BCUT2D eigenvalue weighted by Crippen LogP contribution is 2.34. The Labute approximate surface area is 79.0 Å². The van der Waals surface area contributed by atoms with Gasteiger partial charge in [0, 0.05) is 23.3 Å². The predicted molar refractivity (Wildman–Crippen MR) is 58.8 cm³/mol. The first-order valence-electron chi connectivity index (χ1n) is 4.38. The van der Waals surface area contributed by atoms with Crippen LogP contribution in [0, 0.1) is 0 Å². The van der Waals surface area contributed by atoms with E-state index in [1.165, 1.54) is 12.2 Å². The van der Waals surface area contributed by atoms with Gasteiger partial charge in [0.25, 0.3) is 0 Å². The van der Waals surface area contributed by atoms with Crippen LogP contribution in [-0.2, 0) is 0 Å². The van der Waals surface area contributed by atoms with Gasteiger partial charge in [0.1, 0.15) is 0 Å². The Morgan fingerprint density at radius 3 is 2.67 bits per heavy atom. The van der Waals surface area contributed by atoms with Crippen LogP contribution in [0.2, 0.25) is 19.6 Å². The molecule has 0 aromatic carbocycles. The second-order valence-electron chi connectivity index (χ2n) is 4.52. The van der Waals surface area contributed by atoms with Gasteiger partial charge in [-0.1, -0.05) is 19.6 Å². The van der Waals surface area contributed by atoms with Gasteiger partial charge in [0.15, 0.2) is 0 Å². The maximum absolute atomic E-state index is 2.53. The van der Waals surface area contributed by atoms with Crippen LogP contribution in [0.1, 0.15) is 0 Å². The van der Waals surface area contributed by atoms with E-state index >= 15 is 0 Å². The van der Waals surface area contributed by atoms with Gasteiger partial charge in [-0.05, 0) is 11.4 Å². The van der Waals surface area contributed by atoms with Gasteiger partial charge in [0.05, 0.1) is 8.07 Å². The van der Waals surface area contributed by atoms with Crippen LogP contribution in [0.4, 0.5) is 5.69 Å². The Bertz CT molecular complexity index is 263. The Kier molecular flexibility index (Phi) is 1.80. The average Bonchev–Trinajstić information content (AvgIpc) is 2.60. The van der Waals surface area contributed by atoms with Crippen molar-refractivity contribution in [1.29, 1.82) is 0 Å². The van der Waals surface area contributed by atoms with Crippen LogP contribution in [0.15, 0.2) is 16.8 Å². The van der Waals surface area contributed by atoms with E-state index in [0.717, 1.165) is 5.67 Å². The molecule has 1 saturated heterocycles. The summed E-state index contributed by atoms with van der Waals surface area (Å²) in [6.07, 6.45) is 0. The Balaban J connectivity index is 2.06. The summed E-state index contributed by atoms with van der Waals surface area (Å²) in [7, 11) is -0.912. The molecule has 66 valence electrons. The fraction of sp³-hybridized carbons (Fsp3) is 0.556. The van der Waals surface area contributed by atoms with Crippen LogP contribution in [0.3, 0.4) is 0 Å². The molecule has 1 aromatic heterocycles. The molecule has 1 atom stereocenters. The van der Waals surface area contributed by atoms with Crippen molar-refractivity contribution in [2.24, 2.45) is 0 Å². The van der Waals surface area contributed by atoms with Gasteiger partial charge in [-0.3, -0.25) is 0 Å². The largest absolute Gasteiger partial charge is 0.367 e. The lowest BCUT2D eigenvalue weighted by Gasteiger charge is -2.15. The third kappa shape index (κ3) is 1.43. The van der Waals surface area contributed by atoms with E-state index in [9.17, 15) is 0 Å². The quantitative estimate of drug-likeness (QED) is 0.520. The lowest BCUT2D eigenvalue weighted by Crippen LogP contribution is -2.31. The molecule has 0 saturated carbocycles. The maximum atomic E-state index is 2.53. The van der Waals surface area contributed by atoms with Crippen molar-refractivity contribution in [3.8, 4) is 0 Å². The molecule has 0 radical (unpaired) electrons. The highest BCUT2D eigenvalue weighted by atomic mass is 32.1. The summed E-state index contributed by atoms with van der Waals surface area (Å²) in [5.74, 6) is 0. The first-order valence-corrected chi connectivity index (χ1v) is 8.90. The van der Waals surface area contributed by atoms with Gasteiger partial charge >= 0.3 is 0 Å².